The van der Waals surface area contributed by atoms with Gasteiger partial charge in [-0.1, -0.05) is 51.1 Å². The van der Waals surface area contributed by atoms with Gasteiger partial charge in [0.1, 0.15) is 12.3 Å². The number of fused-ring (bicyclic) bond motifs is 1. The molecule has 0 heterocycles. The third-order valence-corrected chi connectivity index (χ3v) is 3.75. The lowest BCUT2D eigenvalue weighted by molar-refractivity contribution is -0.144. The smallest absolute Gasteiger partial charge is 0.320 e. The number of hydrogen-bond acceptors (Lipinski definition) is 6. The Morgan fingerprint density at radius 1 is 1.12 bits per heavy atom. The molecule has 0 aliphatic rings. The average Bonchev–Trinajstić information content (AvgIpc) is 2.59. The summed E-state index contributed by atoms with van der Waals surface area (Å²) in [7, 11) is -0.934. The summed E-state index contributed by atoms with van der Waals surface area (Å²) < 4.78 is 10.5. The fraction of sp³-hybridized carbons (Fsp3) is 0.389. The number of ether oxygens (including phenoxy) is 1. The van der Waals surface area contributed by atoms with Gasteiger partial charge in [-0.2, -0.15) is 0 Å². The Morgan fingerprint density at radius 2 is 1.76 bits per heavy atom. The highest BCUT2D eigenvalue weighted by Gasteiger charge is 2.15. The number of aliphatic hydroxyl groups is 1. The fourth-order valence-corrected chi connectivity index (χ4v) is 2.48. The monoisotopic (exact) mass is 367 g/mol. The number of benzene rings is 2. The van der Waals surface area contributed by atoms with E-state index < -0.39 is 14.5 Å². The second-order valence-electron chi connectivity index (χ2n) is 6.43. The van der Waals surface area contributed by atoms with Gasteiger partial charge in [0.15, 0.2) is 0 Å². The molecule has 0 amide bonds. The Morgan fingerprint density at radius 3 is 2.40 bits per heavy atom. The van der Waals surface area contributed by atoms with Crippen LogP contribution in [-0.4, -0.2) is 36.2 Å². The van der Waals surface area contributed by atoms with Gasteiger partial charge in [0, 0.05) is 7.11 Å². The largest absolute Gasteiger partial charge is 0.464 e. The van der Waals surface area contributed by atoms with Gasteiger partial charge in [-0.25, -0.2) is 5.09 Å². The lowest BCUT2D eigenvalue weighted by Gasteiger charge is -2.18. The molecule has 2 aromatic rings. The van der Waals surface area contributed by atoms with E-state index in [0.29, 0.717) is 12.4 Å². The van der Waals surface area contributed by atoms with E-state index in [4.69, 9.17) is 14.4 Å². The molecule has 0 aliphatic heterocycles. The van der Waals surface area contributed by atoms with Crippen LogP contribution in [0.2, 0.25) is 0 Å². The van der Waals surface area contributed by atoms with Gasteiger partial charge < -0.3 is 19.3 Å². The lowest BCUT2D eigenvalue weighted by Crippen LogP contribution is -2.26. The first kappa shape index (κ1) is 21.3. The van der Waals surface area contributed by atoms with Gasteiger partial charge in [0.05, 0.1) is 6.61 Å². The van der Waals surface area contributed by atoms with Crippen molar-refractivity contribution >= 4 is 25.3 Å². The highest BCUT2D eigenvalue weighted by atomic mass is 31.2. The minimum absolute atomic E-state index is 0.0821. The Balaban J connectivity index is 0.00000151. The van der Waals surface area contributed by atoms with Gasteiger partial charge >= 0.3 is 14.5 Å². The van der Waals surface area contributed by atoms with Gasteiger partial charge in [-0.15, -0.1) is 0 Å². The molecule has 1 atom stereocenters. The molecule has 6 nitrogen and oxygen atoms in total. The maximum absolute atomic E-state index is 11.6. The maximum atomic E-state index is 11.6. The first-order chi connectivity index (χ1) is 11.8. The van der Waals surface area contributed by atoms with Crippen LogP contribution in [0, 0.1) is 5.41 Å². The van der Waals surface area contributed by atoms with Crippen LogP contribution in [0.3, 0.4) is 0 Å². The van der Waals surface area contributed by atoms with Crippen molar-refractivity contribution in [3.63, 3.8) is 0 Å². The van der Waals surface area contributed by atoms with E-state index in [9.17, 15) is 9.69 Å². The van der Waals surface area contributed by atoms with Crippen molar-refractivity contribution in [1.82, 2.24) is 5.09 Å². The molecule has 0 saturated heterocycles. The van der Waals surface area contributed by atoms with Crippen molar-refractivity contribution in [3.05, 3.63) is 42.5 Å². The molecule has 2 aromatic carbocycles. The van der Waals surface area contributed by atoms with Crippen LogP contribution in [0.15, 0.2) is 42.5 Å². The number of rotatable bonds is 6. The van der Waals surface area contributed by atoms with Crippen molar-refractivity contribution in [2.24, 2.45) is 5.41 Å². The molecule has 0 saturated carbocycles. The summed E-state index contributed by atoms with van der Waals surface area (Å²) in [5.74, 6) is 0.136. The topological polar surface area (TPSA) is 88.0 Å². The molecule has 0 radical (unpaired) electrons. The van der Waals surface area contributed by atoms with Crippen LogP contribution in [0.25, 0.3) is 10.8 Å². The normalized spacial score (nSPS) is 12.1. The molecule has 0 aliphatic carbocycles. The molecule has 0 aromatic heterocycles. The van der Waals surface area contributed by atoms with Crippen LogP contribution in [0.1, 0.15) is 20.8 Å². The Labute approximate surface area is 149 Å². The van der Waals surface area contributed by atoms with Gasteiger partial charge in [0.2, 0.25) is 0 Å². The highest BCUT2D eigenvalue weighted by Crippen LogP contribution is 2.31. The molecule has 138 valence electrons. The number of aliphatic hydroxyl groups excluding tert-OH is 1. The SMILES string of the molecule is CC(C)(C)COC(=O)CNP(O)Oc1ccc2ccccc2c1.CO. The van der Waals surface area contributed by atoms with E-state index in [0.717, 1.165) is 17.9 Å². The third kappa shape index (κ3) is 8.27. The summed E-state index contributed by atoms with van der Waals surface area (Å²) in [5.41, 5.74) is -0.0821. The van der Waals surface area contributed by atoms with E-state index in [2.05, 4.69) is 5.09 Å². The first-order valence-corrected chi connectivity index (χ1v) is 9.04. The van der Waals surface area contributed by atoms with Gasteiger partial charge in [-0.3, -0.25) is 4.79 Å². The zero-order valence-corrected chi connectivity index (χ0v) is 15.9. The summed E-state index contributed by atoms with van der Waals surface area (Å²) in [6, 6.07) is 13.4. The van der Waals surface area contributed by atoms with Crippen LogP contribution < -0.4 is 9.61 Å². The van der Waals surface area contributed by atoms with Crippen molar-refractivity contribution < 1.29 is 24.1 Å². The minimum Gasteiger partial charge on any atom is -0.464 e. The van der Waals surface area contributed by atoms with Gasteiger partial charge in [0.25, 0.3) is 0 Å². The second kappa shape index (κ2) is 10.3. The van der Waals surface area contributed by atoms with Crippen molar-refractivity contribution in [1.29, 1.82) is 0 Å². The third-order valence-electron chi connectivity index (χ3n) is 2.94. The van der Waals surface area contributed by atoms with Crippen molar-refractivity contribution in [3.8, 4) is 5.75 Å². The highest BCUT2D eigenvalue weighted by molar-refractivity contribution is 7.44. The summed E-state index contributed by atoms with van der Waals surface area (Å²) >= 11 is 0. The van der Waals surface area contributed by atoms with E-state index >= 15 is 0 Å². The quantitative estimate of drug-likeness (QED) is 0.537. The minimum atomic E-state index is -1.93. The Kier molecular flexibility index (Phi) is 8.79. The van der Waals surface area contributed by atoms with Crippen LogP contribution in [-0.2, 0) is 9.53 Å². The van der Waals surface area contributed by atoms with E-state index in [1.165, 1.54) is 0 Å². The predicted molar refractivity (Wildman–Crippen MR) is 100 cm³/mol. The molecular formula is C18H26NO5P. The summed E-state index contributed by atoms with van der Waals surface area (Å²) in [5, 5.41) is 11.8. The second-order valence-corrected chi connectivity index (χ2v) is 7.47. The molecule has 25 heavy (non-hydrogen) atoms. The lowest BCUT2D eigenvalue weighted by atomic mass is 9.99. The Hall–Kier alpha value is -1.72. The molecule has 0 bridgehead atoms. The first-order valence-electron chi connectivity index (χ1n) is 7.83. The number of nitrogens with one attached hydrogen (secondary N) is 1. The zero-order chi connectivity index (χ0) is 18.9. The molecule has 3 N–H and O–H groups in total. The number of hydrogen-bond donors (Lipinski definition) is 3. The molecule has 7 heteroatoms. The number of esters is 1. The van der Waals surface area contributed by atoms with Crippen LogP contribution >= 0.6 is 8.53 Å². The zero-order valence-electron chi connectivity index (χ0n) is 15.0. The summed E-state index contributed by atoms with van der Waals surface area (Å²) in [4.78, 5) is 21.5. The summed E-state index contributed by atoms with van der Waals surface area (Å²) in [6.45, 7) is 6.19. The number of carbonyl (C=O) groups is 1. The van der Waals surface area contributed by atoms with Crippen molar-refractivity contribution in [2.75, 3.05) is 20.3 Å². The number of carbonyl (C=O) groups excluding carboxylic acids is 1. The molecule has 2 rings (SSSR count). The average molecular weight is 367 g/mol. The molecule has 0 fully saturated rings. The van der Waals surface area contributed by atoms with Crippen LogP contribution in [0.4, 0.5) is 0 Å². The fourth-order valence-electron chi connectivity index (χ4n) is 1.84. The molecule has 0 spiro atoms. The van der Waals surface area contributed by atoms with Crippen LogP contribution in [0.5, 0.6) is 5.75 Å². The molecule has 1 unspecified atom stereocenters. The summed E-state index contributed by atoms with van der Waals surface area (Å²) in [6.07, 6.45) is 0. The standard InChI is InChI=1S/C17H22NO4P.CH4O/c1-17(2,3)12-21-16(19)11-18-23(20)22-15-9-8-13-6-4-5-7-14(13)10-15;1-2/h4-10,18,20H,11-12H2,1-3H3;2H,1H3. The Bertz CT molecular complexity index is 672. The van der Waals surface area contributed by atoms with E-state index in [-0.39, 0.29) is 12.0 Å². The van der Waals surface area contributed by atoms with E-state index in [1.807, 2.05) is 57.2 Å². The molecular weight excluding hydrogens is 341 g/mol. The van der Waals surface area contributed by atoms with Crippen molar-refractivity contribution in [2.45, 2.75) is 20.8 Å². The van der Waals surface area contributed by atoms with Gasteiger partial charge in [-0.05, 0) is 28.3 Å². The van der Waals surface area contributed by atoms with E-state index in [1.54, 1.807) is 6.07 Å². The predicted octanol–water partition coefficient (Wildman–Crippen LogP) is 3.23. The maximum Gasteiger partial charge on any atom is 0.320 e.